The van der Waals surface area contributed by atoms with Gasteiger partial charge in [-0.25, -0.2) is 28.4 Å². The van der Waals surface area contributed by atoms with E-state index in [4.69, 9.17) is 0 Å². The number of nitrogens with zero attached hydrogens (tertiary/aromatic N) is 5. The van der Waals surface area contributed by atoms with Crippen LogP contribution in [0.25, 0.3) is 0 Å². The molecule has 2 aromatic heterocycles. The summed E-state index contributed by atoms with van der Waals surface area (Å²) < 4.78 is 24.0. The van der Waals surface area contributed by atoms with E-state index in [1.807, 2.05) is 13.0 Å². The van der Waals surface area contributed by atoms with Crippen molar-refractivity contribution in [3.05, 3.63) is 36.3 Å². The highest BCUT2D eigenvalue weighted by molar-refractivity contribution is 7.90. The lowest BCUT2D eigenvalue weighted by Crippen LogP contribution is -2.35. The summed E-state index contributed by atoms with van der Waals surface area (Å²) in [7, 11) is -3.34. The van der Waals surface area contributed by atoms with Crippen LogP contribution >= 0.6 is 0 Å². The Morgan fingerprint density at radius 3 is 2.87 bits per heavy atom. The summed E-state index contributed by atoms with van der Waals surface area (Å²) in [6.45, 7) is 3.44. The molecule has 0 bridgehead atoms. The zero-order chi connectivity index (χ0) is 16.4. The summed E-state index contributed by atoms with van der Waals surface area (Å²) >= 11 is 0. The summed E-state index contributed by atoms with van der Waals surface area (Å²) in [6, 6.07) is 1.88. The van der Waals surface area contributed by atoms with Crippen LogP contribution in [0, 0.1) is 6.92 Å². The van der Waals surface area contributed by atoms with Gasteiger partial charge in [0.25, 0.3) is 0 Å². The minimum Gasteiger partial charge on any atom is -0.356 e. The number of sulfone groups is 1. The number of piperidine rings is 1. The van der Waals surface area contributed by atoms with Crippen molar-refractivity contribution in [1.29, 1.82) is 0 Å². The van der Waals surface area contributed by atoms with Crippen molar-refractivity contribution in [3.63, 3.8) is 0 Å². The molecule has 0 spiro atoms. The second kappa shape index (κ2) is 6.19. The van der Waals surface area contributed by atoms with Crippen molar-refractivity contribution in [2.75, 3.05) is 24.2 Å². The third-order valence-corrected chi connectivity index (χ3v) is 5.11. The Bertz CT molecular complexity index is 809. The van der Waals surface area contributed by atoms with Crippen LogP contribution < -0.4 is 4.90 Å². The average molecular weight is 333 g/mol. The molecule has 0 N–H and O–H groups in total. The van der Waals surface area contributed by atoms with Crippen LogP contribution in [0.4, 0.5) is 5.82 Å². The number of anilines is 1. The van der Waals surface area contributed by atoms with Crippen LogP contribution in [0.15, 0.2) is 29.7 Å². The van der Waals surface area contributed by atoms with Gasteiger partial charge in [0.05, 0.1) is 5.69 Å². The number of aromatic nitrogens is 4. The van der Waals surface area contributed by atoms with E-state index < -0.39 is 9.84 Å². The van der Waals surface area contributed by atoms with E-state index in [0.717, 1.165) is 31.0 Å². The second-order valence-corrected chi connectivity index (χ2v) is 7.78. The minimum atomic E-state index is -3.34. The Morgan fingerprint density at radius 2 is 2.13 bits per heavy atom. The van der Waals surface area contributed by atoms with Gasteiger partial charge in [0.1, 0.15) is 22.9 Å². The smallest absolute Gasteiger partial charge is 0.178 e. The predicted molar refractivity (Wildman–Crippen MR) is 86.1 cm³/mol. The summed E-state index contributed by atoms with van der Waals surface area (Å²) in [6.07, 6.45) is 7.61. The van der Waals surface area contributed by atoms with Crippen LogP contribution in [-0.4, -0.2) is 47.7 Å². The fraction of sp³-hybridized carbons (Fsp3) is 0.467. The molecule has 0 radical (unpaired) electrons. The number of rotatable bonds is 3. The van der Waals surface area contributed by atoms with Gasteiger partial charge in [-0.3, -0.25) is 0 Å². The first-order valence-corrected chi connectivity index (χ1v) is 9.39. The standard InChI is InChI=1S/C15H19N5O2S/c1-11-17-6-5-14(19-11)20-7-3-4-12(9-20)15-13(23(2,21)22)8-16-10-18-15/h5-6,8,10,12H,3-4,7,9H2,1-2H3/t12-/m1/s1. The highest BCUT2D eigenvalue weighted by atomic mass is 32.2. The molecule has 8 heteroatoms. The molecule has 0 unspecified atom stereocenters. The molecule has 2 aromatic rings. The zero-order valence-corrected chi connectivity index (χ0v) is 14.0. The lowest BCUT2D eigenvalue weighted by Gasteiger charge is -2.33. The highest BCUT2D eigenvalue weighted by Gasteiger charge is 2.28. The normalized spacial score (nSPS) is 18.9. The van der Waals surface area contributed by atoms with E-state index in [9.17, 15) is 8.42 Å². The lowest BCUT2D eigenvalue weighted by molar-refractivity contribution is 0.489. The predicted octanol–water partition coefficient (Wildman–Crippen LogP) is 1.36. The fourth-order valence-corrected chi connectivity index (χ4v) is 3.80. The average Bonchev–Trinajstić information content (AvgIpc) is 2.54. The first-order chi connectivity index (χ1) is 10.9. The molecule has 122 valence electrons. The molecule has 1 fully saturated rings. The largest absolute Gasteiger partial charge is 0.356 e. The van der Waals surface area contributed by atoms with Crippen molar-refractivity contribution in [2.45, 2.75) is 30.6 Å². The highest BCUT2D eigenvalue weighted by Crippen LogP contribution is 2.31. The van der Waals surface area contributed by atoms with E-state index in [1.165, 1.54) is 18.8 Å². The van der Waals surface area contributed by atoms with Gasteiger partial charge in [-0.1, -0.05) is 0 Å². The summed E-state index contributed by atoms with van der Waals surface area (Å²) in [5.41, 5.74) is 0.609. The molecule has 23 heavy (non-hydrogen) atoms. The molecular weight excluding hydrogens is 314 g/mol. The summed E-state index contributed by atoms with van der Waals surface area (Å²) in [5, 5.41) is 0. The van der Waals surface area contributed by atoms with Crippen LogP contribution in [-0.2, 0) is 9.84 Å². The van der Waals surface area contributed by atoms with Crippen molar-refractivity contribution in [3.8, 4) is 0 Å². The molecule has 1 atom stereocenters. The molecule has 0 amide bonds. The number of hydrogen-bond acceptors (Lipinski definition) is 7. The summed E-state index contributed by atoms with van der Waals surface area (Å²) in [5.74, 6) is 1.65. The molecule has 0 saturated carbocycles. The number of hydrogen-bond donors (Lipinski definition) is 0. The molecular formula is C15H19N5O2S. The van der Waals surface area contributed by atoms with E-state index >= 15 is 0 Å². The third-order valence-electron chi connectivity index (χ3n) is 4.00. The maximum atomic E-state index is 12.0. The molecule has 0 aromatic carbocycles. The van der Waals surface area contributed by atoms with E-state index in [-0.39, 0.29) is 10.8 Å². The van der Waals surface area contributed by atoms with Gasteiger partial charge < -0.3 is 4.90 Å². The summed E-state index contributed by atoms with van der Waals surface area (Å²) in [4.78, 5) is 19.1. The van der Waals surface area contributed by atoms with E-state index in [0.29, 0.717) is 12.2 Å². The van der Waals surface area contributed by atoms with Crippen LogP contribution in [0.3, 0.4) is 0 Å². The Labute approximate surface area is 135 Å². The van der Waals surface area contributed by atoms with Gasteiger partial charge in [0, 0.05) is 37.7 Å². The Balaban J connectivity index is 1.91. The molecule has 1 aliphatic heterocycles. The fourth-order valence-electron chi connectivity index (χ4n) is 2.95. The van der Waals surface area contributed by atoms with Crippen molar-refractivity contribution >= 4 is 15.7 Å². The monoisotopic (exact) mass is 333 g/mol. The molecule has 0 aliphatic carbocycles. The molecule has 7 nitrogen and oxygen atoms in total. The van der Waals surface area contributed by atoms with Gasteiger partial charge in [0.15, 0.2) is 9.84 Å². The van der Waals surface area contributed by atoms with Crippen molar-refractivity contribution in [1.82, 2.24) is 19.9 Å². The van der Waals surface area contributed by atoms with Gasteiger partial charge in [-0.2, -0.15) is 0 Å². The Hall–Kier alpha value is -2.09. The molecule has 3 rings (SSSR count). The Morgan fingerprint density at radius 1 is 1.30 bits per heavy atom. The van der Waals surface area contributed by atoms with E-state index in [1.54, 1.807) is 6.20 Å². The minimum absolute atomic E-state index is 0.0479. The Kier molecular flexibility index (Phi) is 4.25. The lowest BCUT2D eigenvalue weighted by atomic mass is 9.94. The van der Waals surface area contributed by atoms with Crippen LogP contribution in [0.5, 0.6) is 0 Å². The van der Waals surface area contributed by atoms with Gasteiger partial charge >= 0.3 is 0 Å². The molecule has 1 saturated heterocycles. The van der Waals surface area contributed by atoms with Crippen molar-refractivity contribution in [2.24, 2.45) is 0 Å². The van der Waals surface area contributed by atoms with Gasteiger partial charge in [0.2, 0.25) is 0 Å². The van der Waals surface area contributed by atoms with Gasteiger partial charge in [-0.15, -0.1) is 0 Å². The first kappa shape index (κ1) is 15.8. The SMILES string of the molecule is Cc1nccc(N2CCC[C@@H](c3ncncc3S(C)(=O)=O)C2)n1. The first-order valence-electron chi connectivity index (χ1n) is 7.49. The topological polar surface area (TPSA) is 88.9 Å². The molecule has 3 heterocycles. The zero-order valence-electron chi connectivity index (χ0n) is 13.2. The maximum absolute atomic E-state index is 12.0. The van der Waals surface area contributed by atoms with Crippen LogP contribution in [0.1, 0.15) is 30.3 Å². The van der Waals surface area contributed by atoms with Gasteiger partial charge in [-0.05, 0) is 25.8 Å². The number of aryl methyl sites for hydroxylation is 1. The quantitative estimate of drug-likeness (QED) is 0.838. The second-order valence-electron chi connectivity index (χ2n) is 5.79. The van der Waals surface area contributed by atoms with Crippen LogP contribution in [0.2, 0.25) is 0 Å². The third kappa shape index (κ3) is 3.47. The van der Waals surface area contributed by atoms with Crippen molar-refractivity contribution < 1.29 is 8.42 Å². The molecule has 1 aliphatic rings. The van der Waals surface area contributed by atoms with E-state index in [2.05, 4.69) is 24.8 Å². The maximum Gasteiger partial charge on any atom is 0.178 e.